The fourth-order valence-corrected chi connectivity index (χ4v) is 4.94. The van der Waals surface area contributed by atoms with Crippen LogP contribution < -0.4 is 9.47 Å². The first-order valence-corrected chi connectivity index (χ1v) is 12.8. The quantitative estimate of drug-likeness (QED) is 0.249. The molecule has 3 aromatic carbocycles. The number of unbranched alkanes of at least 4 members (excludes halogenated alkanes) is 1. The number of carbonyl (C=O) groups is 2. The summed E-state index contributed by atoms with van der Waals surface area (Å²) in [5.41, 5.74) is 3.98. The molecule has 0 amide bonds. The van der Waals surface area contributed by atoms with Crippen LogP contribution in [0.1, 0.15) is 95.2 Å². The Morgan fingerprint density at radius 1 is 0.800 bits per heavy atom. The molecule has 0 radical (unpaired) electrons. The number of benzene rings is 3. The molecule has 35 heavy (non-hydrogen) atoms. The molecule has 4 rings (SSSR count). The summed E-state index contributed by atoms with van der Waals surface area (Å²) in [5.74, 6) is 0.155. The van der Waals surface area contributed by atoms with Crippen LogP contribution in [-0.2, 0) is 6.42 Å². The molecule has 1 fully saturated rings. The van der Waals surface area contributed by atoms with Gasteiger partial charge in [-0.15, -0.1) is 0 Å². The summed E-state index contributed by atoms with van der Waals surface area (Å²) in [5, 5.41) is 0. The van der Waals surface area contributed by atoms with E-state index in [0.717, 1.165) is 56.1 Å². The average Bonchev–Trinajstić information content (AvgIpc) is 2.90. The summed E-state index contributed by atoms with van der Waals surface area (Å²) in [6.45, 7) is 4.10. The summed E-state index contributed by atoms with van der Waals surface area (Å²) < 4.78 is 12.1. The Morgan fingerprint density at radius 2 is 1.34 bits per heavy atom. The number of hydrogen-bond acceptors (Lipinski definition) is 4. The zero-order valence-corrected chi connectivity index (χ0v) is 20.7. The van der Waals surface area contributed by atoms with Crippen LogP contribution in [0.4, 0.5) is 0 Å². The van der Waals surface area contributed by atoms with Gasteiger partial charge < -0.3 is 9.47 Å². The second kappa shape index (κ2) is 11.8. The average molecular weight is 471 g/mol. The second-order valence-electron chi connectivity index (χ2n) is 9.37. The number of aryl methyl sites for hydroxylation is 2. The van der Waals surface area contributed by atoms with Gasteiger partial charge in [0.15, 0.2) is 11.5 Å². The Morgan fingerprint density at radius 3 is 1.89 bits per heavy atom. The number of hydrogen-bond donors (Lipinski definition) is 0. The first-order chi connectivity index (χ1) is 17.1. The van der Waals surface area contributed by atoms with Crippen LogP contribution in [0, 0.1) is 6.92 Å². The van der Waals surface area contributed by atoms with E-state index in [2.05, 4.69) is 13.0 Å². The van der Waals surface area contributed by atoms with Crippen LogP contribution in [-0.4, -0.2) is 11.9 Å². The minimum Gasteiger partial charge on any atom is -0.419 e. The lowest BCUT2D eigenvalue weighted by Gasteiger charge is -2.28. The van der Waals surface area contributed by atoms with Gasteiger partial charge in [-0.1, -0.05) is 75.1 Å². The molecule has 1 saturated carbocycles. The van der Waals surface area contributed by atoms with E-state index in [9.17, 15) is 9.59 Å². The van der Waals surface area contributed by atoms with E-state index >= 15 is 0 Å². The molecule has 182 valence electrons. The molecule has 1 aliphatic carbocycles. The molecular formula is C31H34O4. The smallest absolute Gasteiger partial charge is 0.343 e. The molecule has 0 heterocycles. The third kappa shape index (κ3) is 6.00. The van der Waals surface area contributed by atoms with Gasteiger partial charge in [0.25, 0.3) is 0 Å². The van der Waals surface area contributed by atoms with Gasteiger partial charge in [-0.3, -0.25) is 0 Å². The van der Waals surface area contributed by atoms with Crippen LogP contribution in [0.15, 0.2) is 66.7 Å². The van der Waals surface area contributed by atoms with Crippen molar-refractivity contribution in [3.63, 3.8) is 0 Å². The highest BCUT2D eigenvalue weighted by atomic mass is 16.6. The highest BCUT2D eigenvalue weighted by molar-refractivity contribution is 5.93. The minimum atomic E-state index is -0.457. The summed E-state index contributed by atoms with van der Waals surface area (Å²) in [6.07, 6.45) is 8.65. The van der Waals surface area contributed by atoms with E-state index in [-0.39, 0.29) is 5.92 Å². The molecule has 0 unspecified atom stereocenters. The van der Waals surface area contributed by atoms with Crippen molar-refractivity contribution in [1.82, 2.24) is 0 Å². The van der Waals surface area contributed by atoms with Gasteiger partial charge in [0.05, 0.1) is 11.1 Å². The Labute approximate surface area is 208 Å². The van der Waals surface area contributed by atoms with Gasteiger partial charge in [0.2, 0.25) is 0 Å². The Bertz CT molecular complexity index is 1150. The van der Waals surface area contributed by atoms with Crippen molar-refractivity contribution in [2.75, 3.05) is 0 Å². The number of rotatable bonds is 8. The van der Waals surface area contributed by atoms with Gasteiger partial charge in [-0.2, -0.15) is 0 Å². The second-order valence-corrected chi connectivity index (χ2v) is 9.37. The lowest BCUT2D eigenvalue weighted by Crippen LogP contribution is -2.18. The van der Waals surface area contributed by atoms with Gasteiger partial charge in [-0.05, 0) is 73.9 Å². The van der Waals surface area contributed by atoms with Gasteiger partial charge in [0, 0.05) is 5.56 Å². The molecule has 3 aromatic rings. The maximum atomic E-state index is 13.2. The molecule has 0 aromatic heterocycles. The van der Waals surface area contributed by atoms with E-state index in [1.54, 1.807) is 36.4 Å². The number of esters is 2. The van der Waals surface area contributed by atoms with Crippen LogP contribution in [0.3, 0.4) is 0 Å². The third-order valence-corrected chi connectivity index (χ3v) is 6.77. The molecule has 4 nitrogen and oxygen atoms in total. The van der Waals surface area contributed by atoms with Crippen LogP contribution in [0.25, 0.3) is 0 Å². The van der Waals surface area contributed by atoms with Gasteiger partial charge in [-0.25, -0.2) is 9.59 Å². The SMILES string of the molecule is CCCCc1cc(C)c(OC(=O)c2ccccc2)c(OC(=O)c2ccccc2)c1C1CCCCC1. The standard InChI is InChI=1S/C31H34O4/c1-3-4-14-26-21-22(2)28(34-30(32)24-17-10-6-11-18-24)29(27(26)23-15-8-5-9-16-23)35-31(33)25-19-12-7-13-20-25/h6-7,10-13,17-21,23H,3-5,8-9,14-16H2,1-2H3. The fraction of sp³-hybridized carbons (Fsp3) is 0.355. The van der Waals surface area contributed by atoms with Crippen molar-refractivity contribution in [3.8, 4) is 11.5 Å². The van der Waals surface area contributed by atoms with E-state index in [0.29, 0.717) is 22.6 Å². The van der Waals surface area contributed by atoms with Crippen molar-refractivity contribution < 1.29 is 19.1 Å². The molecule has 0 atom stereocenters. The topological polar surface area (TPSA) is 52.6 Å². The Balaban J connectivity index is 1.82. The highest BCUT2D eigenvalue weighted by Crippen LogP contribution is 2.46. The minimum absolute atomic E-state index is 0.281. The zero-order chi connectivity index (χ0) is 24.6. The predicted octanol–water partition coefficient (Wildman–Crippen LogP) is 7.82. The fourth-order valence-electron chi connectivity index (χ4n) is 4.94. The summed E-state index contributed by atoms with van der Waals surface area (Å²) in [7, 11) is 0. The predicted molar refractivity (Wildman–Crippen MR) is 138 cm³/mol. The van der Waals surface area contributed by atoms with Crippen molar-refractivity contribution in [1.29, 1.82) is 0 Å². The maximum absolute atomic E-state index is 13.2. The third-order valence-electron chi connectivity index (χ3n) is 6.77. The number of carbonyl (C=O) groups excluding carboxylic acids is 2. The molecule has 1 aliphatic rings. The molecular weight excluding hydrogens is 436 g/mol. The summed E-state index contributed by atoms with van der Waals surface area (Å²) >= 11 is 0. The largest absolute Gasteiger partial charge is 0.419 e. The lowest BCUT2D eigenvalue weighted by molar-refractivity contribution is 0.0679. The van der Waals surface area contributed by atoms with Crippen molar-refractivity contribution >= 4 is 11.9 Å². The van der Waals surface area contributed by atoms with Crippen molar-refractivity contribution in [3.05, 3.63) is 94.5 Å². The Hall–Kier alpha value is -3.40. The van der Waals surface area contributed by atoms with E-state index in [1.807, 2.05) is 31.2 Å². The van der Waals surface area contributed by atoms with Gasteiger partial charge in [0.1, 0.15) is 0 Å². The maximum Gasteiger partial charge on any atom is 0.343 e. The van der Waals surface area contributed by atoms with Crippen LogP contribution >= 0.6 is 0 Å². The number of ether oxygens (including phenoxy) is 2. The summed E-state index contributed by atoms with van der Waals surface area (Å²) in [4.78, 5) is 26.3. The van der Waals surface area contributed by atoms with E-state index < -0.39 is 11.9 Å². The normalized spacial score (nSPS) is 13.9. The monoisotopic (exact) mass is 470 g/mol. The molecule has 0 bridgehead atoms. The zero-order valence-electron chi connectivity index (χ0n) is 20.7. The van der Waals surface area contributed by atoms with E-state index in [4.69, 9.17) is 9.47 Å². The first kappa shape index (κ1) is 24.7. The van der Waals surface area contributed by atoms with Crippen LogP contribution in [0.2, 0.25) is 0 Å². The summed E-state index contributed by atoms with van der Waals surface area (Å²) in [6, 6.07) is 20.0. The van der Waals surface area contributed by atoms with Crippen molar-refractivity contribution in [2.45, 2.75) is 71.1 Å². The molecule has 0 saturated heterocycles. The van der Waals surface area contributed by atoms with Crippen molar-refractivity contribution in [2.24, 2.45) is 0 Å². The van der Waals surface area contributed by atoms with Gasteiger partial charge >= 0.3 is 11.9 Å². The molecule has 0 spiro atoms. The highest BCUT2D eigenvalue weighted by Gasteiger charge is 2.29. The first-order valence-electron chi connectivity index (χ1n) is 12.8. The molecule has 4 heteroatoms. The Kier molecular flexibility index (Phi) is 8.36. The van der Waals surface area contributed by atoms with E-state index in [1.165, 1.54) is 12.0 Å². The van der Waals surface area contributed by atoms with Crippen LogP contribution in [0.5, 0.6) is 11.5 Å². The molecule has 0 N–H and O–H groups in total. The molecule has 0 aliphatic heterocycles. The lowest BCUT2D eigenvalue weighted by atomic mass is 9.80.